The summed E-state index contributed by atoms with van der Waals surface area (Å²) >= 11 is 0. The van der Waals surface area contributed by atoms with Crippen LogP contribution >= 0.6 is 0 Å². The molecule has 0 aromatic carbocycles. The van der Waals surface area contributed by atoms with Gasteiger partial charge in [0.05, 0.1) is 0 Å². The molecule has 0 aliphatic rings. The Morgan fingerprint density at radius 2 is 1.00 bits per heavy atom. The van der Waals surface area contributed by atoms with Crippen molar-refractivity contribution < 1.29 is 19.2 Å². The van der Waals surface area contributed by atoms with E-state index in [1.165, 1.54) is 0 Å². The number of rotatable bonds is 17. The van der Waals surface area contributed by atoms with Gasteiger partial charge in [-0.3, -0.25) is 14.4 Å². The summed E-state index contributed by atoms with van der Waals surface area (Å²) in [5, 5.41) is 7.80. The summed E-state index contributed by atoms with van der Waals surface area (Å²) in [5.41, 5.74) is 0. The Kier molecular flexibility index (Phi) is 16.3. The Labute approximate surface area is 164 Å². The smallest absolute Gasteiger partial charge is 0.226 e. The van der Waals surface area contributed by atoms with Crippen LogP contribution in [0.25, 0.3) is 0 Å². The fourth-order valence-corrected chi connectivity index (χ4v) is 2.54. The maximum Gasteiger partial charge on any atom is 0.226 e. The molecule has 3 amide bonds. The number of nitrogens with one attached hydrogen (secondary N) is 3. The first kappa shape index (κ1) is 25.1. The van der Waals surface area contributed by atoms with Crippen molar-refractivity contribution in [2.45, 2.75) is 84.0 Å². The maximum atomic E-state index is 11.7. The standard InChI is InChI=1S/C19H34BN3O4/c1-16(24)10-4-2-8-14-21-17(25)11-5-3-9-15-22-18(26)12-6-7-13-19(27)23-20/h2-15H2,1H3,(H,21,25)(H,22,26)(H,23,27). The number of carbonyl (C=O) groups is 4. The van der Waals surface area contributed by atoms with E-state index in [0.717, 1.165) is 38.5 Å². The third-order valence-electron chi connectivity index (χ3n) is 4.15. The fourth-order valence-electron chi connectivity index (χ4n) is 2.54. The number of ketones is 1. The van der Waals surface area contributed by atoms with Crippen LogP contribution in [0.15, 0.2) is 0 Å². The molecule has 0 saturated carbocycles. The summed E-state index contributed by atoms with van der Waals surface area (Å²) < 4.78 is 0. The van der Waals surface area contributed by atoms with Gasteiger partial charge in [-0.1, -0.05) is 12.8 Å². The number of hydrogen-bond donors (Lipinski definition) is 3. The van der Waals surface area contributed by atoms with Gasteiger partial charge in [0.25, 0.3) is 0 Å². The minimum atomic E-state index is -0.215. The van der Waals surface area contributed by atoms with E-state index in [1.807, 2.05) is 0 Å². The minimum absolute atomic E-state index is 0.00864. The molecule has 0 heterocycles. The van der Waals surface area contributed by atoms with Crippen LogP contribution in [-0.4, -0.2) is 44.6 Å². The first-order valence-corrected chi connectivity index (χ1v) is 9.98. The molecular weight excluding hydrogens is 345 g/mol. The van der Waals surface area contributed by atoms with Crippen molar-refractivity contribution in [3.05, 3.63) is 0 Å². The lowest BCUT2D eigenvalue weighted by molar-refractivity contribution is -0.122. The number of hydrogen-bond acceptors (Lipinski definition) is 4. The molecule has 0 aliphatic carbocycles. The maximum absolute atomic E-state index is 11.7. The zero-order valence-electron chi connectivity index (χ0n) is 16.6. The molecule has 152 valence electrons. The van der Waals surface area contributed by atoms with Crippen LogP contribution in [0, 0.1) is 0 Å². The van der Waals surface area contributed by atoms with Gasteiger partial charge in [0.2, 0.25) is 25.7 Å². The molecule has 7 nitrogen and oxygen atoms in total. The van der Waals surface area contributed by atoms with Gasteiger partial charge in [-0.05, 0) is 45.4 Å². The summed E-state index contributed by atoms with van der Waals surface area (Å²) in [7, 11) is 4.97. The number of carbonyl (C=O) groups excluding carboxylic acids is 4. The highest BCUT2D eigenvalue weighted by atomic mass is 16.2. The van der Waals surface area contributed by atoms with Crippen molar-refractivity contribution in [2.75, 3.05) is 13.1 Å². The van der Waals surface area contributed by atoms with E-state index in [-0.39, 0.29) is 23.5 Å². The molecule has 0 rings (SSSR count). The normalized spacial score (nSPS) is 10.3. The van der Waals surface area contributed by atoms with Gasteiger partial charge in [0.15, 0.2) is 0 Å². The van der Waals surface area contributed by atoms with E-state index in [0.29, 0.717) is 51.6 Å². The molecule has 0 bridgehead atoms. The highest BCUT2D eigenvalue weighted by Crippen LogP contribution is 2.02. The summed E-state index contributed by atoms with van der Waals surface area (Å²) in [4.78, 5) is 45.0. The van der Waals surface area contributed by atoms with Gasteiger partial charge in [0, 0.05) is 38.8 Å². The SMILES string of the molecule is [B]NC(=O)CCCCC(=O)NCCCCCC(=O)NCCCCCC(C)=O. The van der Waals surface area contributed by atoms with Crippen molar-refractivity contribution in [3.8, 4) is 0 Å². The molecule has 3 N–H and O–H groups in total. The molecule has 0 fully saturated rings. The topological polar surface area (TPSA) is 104 Å². The largest absolute Gasteiger partial charge is 0.409 e. The summed E-state index contributed by atoms with van der Waals surface area (Å²) in [6.07, 6.45) is 8.47. The third kappa shape index (κ3) is 18.7. The van der Waals surface area contributed by atoms with E-state index in [1.54, 1.807) is 6.92 Å². The quantitative estimate of drug-likeness (QED) is 0.264. The van der Waals surface area contributed by atoms with Crippen LogP contribution in [0.4, 0.5) is 0 Å². The minimum Gasteiger partial charge on any atom is -0.409 e. The van der Waals surface area contributed by atoms with Crippen LogP contribution in [0.1, 0.15) is 84.0 Å². The van der Waals surface area contributed by atoms with Crippen LogP contribution in [-0.2, 0) is 19.2 Å². The zero-order valence-corrected chi connectivity index (χ0v) is 16.6. The average molecular weight is 379 g/mol. The Morgan fingerprint density at radius 1 is 0.593 bits per heavy atom. The van der Waals surface area contributed by atoms with Gasteiger partial charge in [-0.15, -0.1) is 0 Å². The zero-order chi connectivity index (χ0) is 20.3. The van der Waals surface area contributed by atoms with Crippen molar-refractivity contribution in [3.63, 3.8) is 0 Å². The first-order valence-electron chi connectivity index (χ1n) is 9.98. The van der Waals surface area contributed by atoms with Crippen molar-refractivity contribution in [1.82, 2.24) is 15.9 Å². The molecule has 0 aromatic heterocycles. The van der Waals surface area contributed by atoms with Gasteiger partial charge in [-0.2, -0.15) is 0 Å². The number of Topliss-reactive ketones (excluding diaryl/α,β-unsaturated/α-hetero) is 1. The molecular formula is C19H34BN3O4. The predicted molar refractivity (Wildman–Crippen MR) is 106 cm³/mol. The predicted octanol–water partition coefficient (Wildman–Crippen LogP) is 1.69. The molecule has 0 spiro atoms. The highest BCUT2D eigenvalue weighted by Gasteiger charge is 2.04. The van der Waals surface area contributed by atoms with Gasteiger partial charge in [0.1, 0.15) is 5.78 Å². The van der Waals surface area contributed by atoms with E-state index < -0.39 is 0 Å². The fraction of sp³-hybridized carbons (Fsp3) is 0.789. The van der Waals surface area contributed by atoms with Gasteiger partial charge in [-0.25, -0.2) is 0 Å². The molecule has 0 unspecified atom stereocenters. The Hall–Kier alpha value is -1.86. The van der Waals surface area contributed by atoms with Crippen LogP contribution in [0.5, 0.6) is 0 Å². The molecule has 27 heavy (non-hydrogen) atoms. The van der Waals surface area contributed by atoms with E-state index in [4.69, 9.17) is 7.98 Å². The lowest BCUT2D eigenvalue weighted by atomic mass is 10.1. The number of amides is 3. The molecule has 0 saturated heterocycles. The van der Waals surface area contributed by atoms with E-state index >= 15 is 0 Å². The molecule has 8 heteroatoms. The second-order valence-corrected chi connectivity index (χ2v) is 6.80. The molecule has 0 aromatic rings. The van der Waals surface area contributed by atoms with E-state index in [2.05, 4.69) is 15.9 Å². The lowest BCUT2D eigenvalue weighted by Gasteiger charge is -2.06. The van der Waals surface area contributed by atoms with Gasteiger partial charge >= 0.3 is 0 Å². The molecule has 0 aliphatic heterocycles. The van der Waals surface area contributed by atoms with Crippen molar-refractivity contribution >= 4 is 31.5 Å². The van der Waals surface area contributed by atoms with Gasteiger partial charge < -0.3 is 20.7 Å². The monoisotopic (exact) mass is 379 g/mol. The van der Waals surface area contributed by atoms with Crippen LogP contribution in [0.2, 0.25) is 0 Å². The summed E-state index contributed by atoms with van der Waals surface area (Å²) in [6.45, 7) is 2.87. The van der Waals surface area contributed by atoms with Crippen molar-refractivity contribution in [2.24, 2.45) is 0 Å². The second kappa shape index (κ2) is 17.6. The average Bonchev–Trinajstić information content (AvgIpc) is 2.63. The molecule has 0 atom stereocenters. The van der Waals surface area contributed by atoms with Crippen molar-refractivity contribution in [1.29, 1.82) is 0 Å². The lowest BCUT2D eigenvalue weighted by Crippen LogP contribution is -2.25. The Balaban J connectivity index is 3.37. The Bertz CT molecular complexity index is 458. The Morgan fingerprint density at radius 3 is 1.44 bits per heavy atom. The van der Waals surface area contributed by atoms with Crippen LogP contribution in [0.3, 0.4) is 0 Å². The van der Waals surface area contributed by atoms with Crippen LogP contribution < -0.4 is 15.9 Å². The van der Waals surface area contributed by atoms with E-state index in [9.17, 15) is 19.2 Å². The number of unbranched alkanes of at least 4 members (excludes halogenated alkanes) is 5. The first-order chi connectivity index (χ1) is 13.0. The summed E-state index contributed by atoms with van der Waals surface area (Å²) in [5.74, 6) is 0.0528. The highest BCUT2D eigenvalue weighted by molar-refractivity contribution is 6.14. The summed E-state index contributed by atoms with van der Waals surface area (Å²) in [6, 6.07) is 0. The molecule has 2 radical (unpaired) electrons. The second-order valence-electron chi connectivity index (χ2n) is 6.80. The third-order valence-corrected chi connectivity index (χ3v) is 4.15.